The summed E-state index contributed by atoms with van der Waals surface area (Å²) in [5, 5.41) is 4.01. The summed E-state index contributed by atoms with van der Waals surface area (Å²) in [6.45, 7) is 4.14. The fourth-order valence-corrected chi connectivity index (χ4v) is 2.65. The highest BCUT2D eigenvalue weighted by Crippen LogP contribution is 2.22. The van der Waals surface area contributed by atoms with Crippen LogP contribution in [-0.4, -0.2) is 15.1 Å². The highest BCUT2D eigenvalue weighted by Gasteiger charge is 2.15. The summed E-state index contributed by atoms with van der Waals surface area (Å²) in [7, 11) is 0. The Labute approximate surface area is 156 Å². The van der Waals surface area contributed by atoms with E-state index in [9.17, 15) is 0 Å². The Bertz CT molecular complexity index is 1020. The van der Waals surface area contributed by atoms with Crippen molar-refractivity contribution in [2.75, 3.05) is 0 Å². The molecule has 27 heavy (non-hydrogen) atoms. The molecule has 0 aliphatic heterocycles. The molecule has 0 amide bonds. The van der Waals surface area contributed by atoms with E-state index in [0.29, 0.717) is 24.0 Å². The molecule has 0 saturated carbocycles. The summed E-state index contributed by atoms with van der Waals surface area (Å²) in [5.41, 5.74) is 2.91. The fourth-order valence-electron chi connectivity index (χ4n) is 2.65. The molecule has 0 saturated heterocycles. The van der Waals surface area contributed by atoms with Crippen LogP contribution in [0.2, 0.25) is 0 Å². The first-order valence-corrected chi connectivity index (χ1v) is 8.70. The van der Waals surface area contributed by atoms with Gasteiger partial charge in [0.25, 0.3) is 5.89 Å². The molecule has 136 valence electrons. The van der Waals surface area contributed by atoms with Gasteiger partial charge in [0, 0.05) is 5.56 Å². The number of benzene rings is 2. The lowest BCUT2D eigenvalue weighted by Crippen LogP contribution is -1.97. The highest BCUT2D eigenvalue weighted by atomic mass is 16.5. The maximum absolute atomic E-state index is 5.77. The van der Waals surface area contributed by atoms with Gasteiger partial charge in [-0.1, -0.05) is 41.1 Å². The molecule has 4 aromatic rings. The van der Waals surface area contributed by atoms with Gasteiger partial charge in [0.15, 0.2) is 12.4 Å². The molecule has 2 heterocycles. The molecular formula is C21H19N3O3. The molecular weight excluding hydrogens is 342 g/mol. The molecule has 0 aliphatic rings. The third-order valence-corrected chi connectivity index (χ3v) is 4.13. The van der Waals surface area contributed by atoms with Crippen LogP contribution in [0, 0.1) is 13.8 Å². The molecule has 0 unspecified atom stereocenters. The van der Waals surface area contributed by atoms with Crippen molar-refractivity contribution in [2.45, 2.75) is 26.9 Å². The Kier molecular flexibility index (Phi) is 4.70. The first-order chi connectivity index (χ1) is 13.2. The van der Waals surface area contributed by atoms with E-state index >= 15 is 0 Å². The first kappa shape index (κ1) is 17.0. The summed E-state index contributed by atoms with van der Waals surface area (Å²) < 4.78 is 16.7. The van der Waals surface area contributed by atoms with Crippen LogP contribution >= 0.6 is 0 Å². The van der Waals surface area contributed by atoms with Crippen LogP contribution in [-0.2, 0) is 13.0 Å². The SMILES string of the molecule is Cc1ccc(OCc2nc(Cc3nc(-c4ccccc4)oc3C)no2)cc1. The predicted octanol–water partition coefficient (Wildman–Crippen LogP) is 4.51. The quantitative estimate of drug-likeness (QED) is 0.503. The Morgan fingerprint density at radius 2 is 1.70 bits per heavy atom. The van der Waals surface area contributed by atoms with Crippen molar-refractivity contribution >= 4 is 0 Å². The summed E-state index contributed by atoms with van der Waals surface area (Å²) >= 11 is 0. The average molecular weight is 361 g/mol. The summed E-state index contributed by atoms with van der Waals surface area (Å²) in [5.74, 6) is 3.08. The molecule has 0 aliphatic carbocycles. The second-order valence-corrected chi connectivity index (χ2v) is 6.27. The molecule has 6 heteroatoms. The predicted molar refractivity (Wildman–Crippen MR) is 99.3 cm³/mol. The lowest BCUT2D eigenvalue weighted by Gasteiger charge is -2.02. The first-order valence-electron chi connectivity index (χ1n) is 8.70. The lowest BCUT2D eigenvalue weighted by atomic mass is 10.2. The standard InChI is InChI=1S/C21H19N3O3/c1-14-8-10-17(11-9-14)25-13-20-23-19(24-27-20)12-18-15(2)26-21(22-18)16-6-4-3-5-7-16/h3-11H,12-13H2,1-2H3. The van der Waals surface area contributed by atoms with Crippen molar-refractivity contribution < 1.29 is 13.7 Å². The highest BCUT2D eigenvalue weighted by molar-refractivity contribution is 5.53. The monoisotopic (exact) mass is 361 g/mol. The molecule has 0 bridgehead atoms. The van der Waals surface area contributed by atoms with E-state index in [0.717, 1.165) is 22.8 Å². The Morgan fingerprint density at radius 1 is 0.926 bits per heavy atom. The van der Waals surface area contributed by atoms with E-state index in [1.54, 1.807) is 0 Å². The van der Waals surface area contributed by atoms with Crippen molar-refractivity contribution in [3.63, 3.8) is 0 Å². The molecule has 4 rings (SSSR count). The van der Waals surface area contributed by atoms with E-state index in [1.807, 2.05) is 68.4 Å². The van der Waals surface area contributed by atoms with Crippen LogP contribution in [0.4, 0.5) is 0 Å². The molecule has 0 N–H and O–H groups in total. The third-order valence-electron chi connectivity index (χ3n) is 4.13. The second kappa shape index (κ2) is 7.45. The van der Waals surface area contributed by atoms with Crippen LogP contribution < -0.4 is 4.74 Å². The molecule has 6 nitrogen and oxygen atoms in total. The van der Waals surface area contributed by atoms with Gasteiger partial charge in [-0.3, -0.25) is 0 Å². The van der Waals surface area contributed by atoms with Gasteiger partial charge in [0.05, 0.1) is 12.1 Å². The van der Waals surface area contributed by atoms with Crippen molar-refractivity contribution in [1.82, 2.24) is 15.1 Å². The van der Waals surface area contributed by atoms with Crippen LogP contribution in [0.1, 0.15) is 28.7 Å². The maximum atomic E-state index is 5.77. The zero-order valence-corrected chi connectivity index (χ0v) is 15.2. The maximum Gasteiger partial charge on any atom is 0.264 e. The van der Waals surface area contributed by atoms with Gasteiger partial charge in [-0.2, -0.15) is 4.98 Å². The van der Waals surface area contributed by atoms with Gasteiger partial charge < -0.3 is 13.7 Å². The minimum absolute atomic E-state index is 0.225. The zero-order valence-electron chi connectivity index (χ0n) is 15.2. The molecule has 0 fully saturated rings. The van der Waals surface area contributed by atoms with E-state index in [2.05, 4.69) is 15.1 Å². The Hall–Kier alpha value is -3.41. The Balaban J connectivity index is 1.42. The number of aromatic nitrogens is 3. The van der Waals surface area contributed by atoms with Gasteiger partial charge in [0.1, 0.15) is 11.5 Å². The summed E-state index contributed by atoms with van der Waals surface area (Å²) in [4.78, 5) is 8.94. The van der Waals surface area contributed by atoms with Crippen molar-refractivity contribution in [3.8, 4) is 17.2 Å². The zero-order chi connectivity index (χ0) is 18.6. The smallest absolute Gasteiger partial charge is 0.264 e. The number of hydrogen-bond donors (Lipinski definition) is 0. The number of hydrogen-bond acceptors (Lipinski definition) is 6. The third kappa shape index (κ3) is 4.06. The molecule has 2 aromatic carbocycles. The number of oxazole rings is 1. The molecule has 2 aromatic heterocycles. The average Bonchev–Trinajstić information content (AvgIpc) is 3.29. The van der Waals surface area contributed by atoms with Crippen LogP contribution in [0.25, 0.3) is 11.5 Å². The van der Waals surface area contributed by atoms with E-state index in [-0.39, 0.29) is 6.61 Å². The second-order valence-electron chi connectivity index (χ2n) is 6.27. The van der Waals surface area contributed by atoms with E-state index in [1.165, 1.54) is 5.56 Å². The van der Waals surface area contributed by atoms with Crippen LogP contribution in [0.3, 0.4) is 0 Å². The van der Waals surface area contributed by atoms with Crippen molar-refractivity contribution in [2.24, 2.45) is 0 Å². The Morgan fingerprint density at radius 3 is 2.48 bits per heavy atom. The normalized spacial score (nSPS) is 10.9. The largest absolute Gasteiger partial charge is 0.484 e. The van der Waals surface area contributed by atoms with E-state index in [4.69, 9.17) is 13.7 Å². The number of nitrogens with zero attached hydrogens (tertiary/aromatic N) is 3. The van der Waals surface area contributed by atoms with Crippen molar-refractivity contribution in [1.29, 1.82) is 0 Å². The van der Waals surface area contributed by atoms with Gasteiger partial charge >= 0.3 is 0 Å². The van der Waals surface area contributed by atoms with Crippen LogP contribution in [0.5, 0.6) is 5.75 Å². The fraction of sp³-hybridized carbons (Fsp3) is 0.190. The van der Waals surface area contributed by atoms with Gasteiger partial charge in [-0.25, -0.2) is 4.98 Å². The number of aryl methyl sites for hydroxylation is 2. The lowest BCUT2D eigenvalue weighted by molar-refractivity contribution is 0.242. The summed E-state index contributed by atoms with van der Waals surface area (Å²) in [6.07, 6.45) is 0.441. The molecule has 0 radical (unpaired) electrons. The number of rotatable bonds is 6. The summed E-state index contributed by atoms with van der Waals surface area (Å²) in [6, 6.07) is 17.6. The van der Waals surface area contributed by atoms with Crippen molar-refractivity contribution in [3.05, 3.63) is 83.3 Å². The topological polar surface area (TPSA) is 74.2 Å². The van der Waals surface area contributed by atoms with Gasteiger partial charge in [-0.05, 0) is 38.1 Å². The minimum Gasteiger partial charge on any atom is -0.484 e. The minimum atomic E-state index is 0.225. The number of ether oxygens (including phenoxy) is 1. The molecule has 0 atom stereocenters. The van der Waals surface area contributed by atoms with Crippen LogP contribution in [0.15, 0.2) is 63.5 Å². The van der Waals surface area contributed by atoms with E-state index < -0.39 is 0 Å². The van der Waals surface area contributed by atoms with Gasteiger partial charge in [-0.15, -0.1) is 0 Å². The molecule has 0 spiro atoms. The van der Waals surface area contributed by atoms with Gasteiger partial charge in [0.2, 0.25) is 5.89 Å².